The highest BCUT2D eigenvalue weighted by Gasteiger charge is 2.10. The first-order chi connectivity index (χ1) is 6.69. The highest BCUT2D eigenvalue weighted by molar-refractivity contribution is 7.97. The summed E-state index contributed by atoms with van der Waals surface area (Å²) in [6.45, 7) is 0. The van der Waals surface area contributed by atoms with Crippen LogP contribution in [0.1, 0.15) is 15.9 Å². The average Bonchev–Trinajstić information content (AvgIpc) is 2.18. The van der Waals surface area contributed by atoms with Crippen LogP contribution in [0, 0.1) is 0 Å². The van der Waals surface area contributed by atoms with Crippen molar-refractivity contribution < 1.29 is 14.6 Å². The molecule has 0 radical (unpaired) electrons. The van der Waals surface area contributed by atoms with E-state index in [4.69, 9.17) is 9.84 Å². The van der Waals surface area contributed by atoms with Gasteiger partial charge in [-0.25, -0.2) is 4.79 Å². The first-order valence-electron chi connectivity index (χ1n) is 4.08. The molecule has 0 bridgehead atoms. The number of aromatic carboxylic acids is 1. The molecular formula is C10H12O3S. The van der Waals surface area contributed by atoms with Crippen LogP contribution in [-0.4, -0.2) is 24.4 Å². The molecule has 0 aliphatic carbocycles. The number of carboxylic acid groups (broad SMARTS) is 1. The molecule has 0 saturated carbocycles. The van der Waals surface area contributed by atoms with Gasteiger partial charge in [0.2, 0.25) is 0 Å². The zero-order valence-electron chi connectivity index (χ0n) is 8.11. The fourth-order valence-electron chi connectivity index (χ4n) is 1.18. The van der Waals surface area contributed by atoms with Gasteiger partial charge in [0.15, 0.2) is 0 Å². The van der Waals surface area contributed by atoms with E-state index in [1.807, 2.05) is 12.3 Å². The zero-order valence-corrected chi connectivity index (χ0v) is 8.93. The number of hydrogen-bond donors (Lipinski definition) is 1. The summed E-state index contributed by atoms with van der Waals surface area (Å²) >= 11 is 1.65. The van der Waals surface area contributed by atoms with Crippen LogP contribution >= 0.6 is 11.8 Å². The molecule has 4 heteroatoms. The Morgan fingerprint density at radius 1 is 1.57 bits per heavy atom. The van der Waals surface area contributed by atoms with Crippen LogP contribution in [0.2, 0.25) is 0 Å². The summed E-state index contributed by atoms with van der Waals surface area (Å²) in [6, 6.07) is 5.22. The lowest BCUT2D eigenvalue weighted by molar-refractivity contribution is 0.0693. The van der Waals surface area contributed by atoms with E-state index in [0.29, 0.717) is 5.75 Å². The smallest absolute Gasteiger partial charge is 0.339 e. The minimum Gasteiger partial charge on any atom is -0.496 e. The van der Waals surface area contributed by atoms with Crippen molar-refractivity contribution in [2.75, 3.05) is 13.4 Å². The number of carbonyl (C=O) groups is 1. The standard InChI is InChI=1S/C10H12O3S/c1-13-9-4-3-7(6-14-2)5-8(9)10(11)12/h3-5H,6H2,1-2H3,(H,11,12). The Hall–Kier alpha value is -1.16. The zero-order chi connectivity index (χ0) is 10.6. The van der Waals surface area contributed by atoms with Gasteiger partial charge in [0.1, 0.15) is 11.3 Å². The molecule has 76 valence electrons. The second kappa shape index (κ2) is 4.91. The van der Waals surface area contributed by atoms with Gasteiger partial charge >= 0.3 is 5.97 Å². The summed E-state index contributed by atoms with van der Waals surface area (Å²) < 4.78 is 4.95. The Labute approximate surface area is 87.1 Å². The van der Waals surface area contributed by atoms with Gasteiger partial charge in [-0.2, -0.15) is 11.8 Å². The summed E-state index contributed by atoms with van der Waals surface area (Å²) in [5.74, 6) is 0.261. The van der Waals surface area contributed by atoms with E-state index in [2.05, 4.69) is 0 Å². The molecule has 1 aromatic rings. The highest BCUT2D eigenvalue weighted by Crippen LogP contribution is 2.21. The molecule has 0 atom stereocenters. The molecule has 0 saturated heterocycles. The second-order valence-electron chi connectivity index (χ2n) is 2.77. The summed E-state index contributed by atoms with van der Waals surface area (Å²) in [4.78, 5) is 10.9. The molecule has 1 rings (SSSR count). The average molecular weight is 212 g/mol. The number of carboxylic acids is 1. The van der Waals surface area contributed by atoms with Crippen LogP contribution < -0.4 is 4.74 Å². The lowest BCUT2D eigenvalue weighted by atomic mass is 10.1. The molecule has 0 heterocycles. The van der Waals surface area contributed by atoms with Crippen molar-refractivity contribution in [3.8, 4) is 5.75 Å². The van der Waals surface area contributed by atoms with Crippen molar-refractivity contribution in [1.82, 2.24) is 0 Å². The maximum Gasteiger partial charge on any atom is 0.339 e. The molecule has 1 aromatic carbocycles. The van der Waals surface area contributed by atoms with Crippen LogP contribution in [-0.2, 0) is 5.75 Å². The molecule has 14 heavy (non-hydrogen) atoms. The van der Waals surface area contributed by atoms with Crippen LogP contribution in [0.5, 0.6) is 5.75 Å². The second-order valence-corrected chi connectivity index (χ2v) is 3.64. The molecule has 3 nitrogen and oxygen atoms in total. The normalized spacial score (nSPS) is 9.86. The van der Waals surface area contributed by atoms with Crippen LogP contribution in [0.4, 0.5) is 0 Å². The third-order valence-corrected chi connectivity index (χ3v) is 2.43. The topological polar surface area (TPSA) is 46.5 Å². The molecular weight excluding hydrogens is 200 g/mol. The fourth-order valence-corrected chi connectivity index (χ4v) is 1.69. The third-order valence-electron chi connectivity index (χ3n) is 1.81. The Balaban J connectivity index is 3.07. The molecule has 0 aromatic heterocycles. The Morgan fingerprint density at radius 3 is 2.79 bits per heavy atom. The quantitative estimate of drug-likeness (QED) is 0.831. The molecule has 1 N–H and O–H groups in total. The number of thioether (sulfide) groups is 1. The molecule has 0 fully saturated rings. The van der Waals surface area contributed by atoms with E-state index in [9.17, 15) is 4.79 Å². The number of rotatable bonds is 4. The number of ether oxygens (including phenoxy) is 1. The van der Waals surface area contributed by atoms with Gasteiger partial charge in [0, 0.05) is 5.75 Å². The Morgan fingerprint density at radius 2 is 2.29 bits per heavy atom. The van der Waals surface area contributed by atoms with E-state index in [-0.39, 0.29) is 5.56 Å². The third kappa shape index (κ3) is 2.42. The summed E-state index contributed by atoms with van der Waals surface area (Å²) in [6.07, 6.45) is 1.98. The van der Waals surface area contributed by atoms with Crippen molar-refractivity contribution in [3.05, 3.63) is 29.3 Å². The maximum absolute atomic E-state index is 10.9. The Kier molecular flexibility index (Phi) is 3.83. The maximum atomic E-state index is 10.9. The van der Waals surface area contributed by atoms with Crippen molar-refractivity contribution in [2.45, 2.75) is 5.75 Å². The van der Waals surface area contributed by atoms with E-state index in [1.54, 1.807) is 23.9 Å². The SMILES string of the molecule is COc1ccc(CSC)cc1C(=O)O. The molecule has 0 aliphatic heterocycles. The van der Waals surface area contributed by atoms with E-state index >= 15 is 0 Å². The van der Waals surface area contributed by atoms with Crippen molar-refractivity contribution in [3.63, 3.8) is 0 Å². The first kappa shape index (κ1) is 10.9. The van der Waals surface area contributed by atoms with E-state index < -0.39 is 5.97 Å². The lowest BCUT2D eigenvalue weighted by Crippen LogP contribution is -2.01. The summed E-state index contributed by atoms with van der Waals surface area (Å²) in [7, 11) is 1.47. The van der Waals surface area contributed by atoms with Crippen LogP contribution in [0.25, 0.3) is 0 Å². The monoisotopic (exact) mass is 212 g/mol. The number of hydrogen-bond acceptors (Lipinski definition) is 3. The minimum absolute atomic E-state index is 0.221. The Bertz CT molecular complexity index is 336. The molecule has 0 unspecified atom stereocenters. The van der Waals surface area contributed by atoms with Gasteiger partial charge < -0.3 is 9.84 Å². The van der Waals surface area contributed by atoms with Gasteiger partial charge in [-0.05, 0) is 24.0 Å². The molecule has 0 amide bonds. The summed E-state index contributed by atoms with van der Waals surface area (Å²) in [5.41, 5.74) is 1.22. The van der Waals surface area contributed by atoms with Crippen molar-refractivity contribution >= 4 is 17.7 Å². The van der Waals surface area contributed by atoms with Gasteiger partial charge in [-0.3, -0.25) is 0 Å². The number of benzene rings is 1. The van der Waals surface area contributed by atoms with Gasteiger partial charge in [-0.1, -0.05) is 6.07 Å². The predicted molar refractivity (Wildman–Crippen MR) is 57.2 cm³/mol. The lowest BCUT2D eigenvalue weighted by Gasteiger charge is -2.06. The van der Waals surface area contributed by atoms with Gasteiger partial charge in [0.25, 0.3) is 0 Å². The predicted octanol–water partition coefficient (Wildman–Crippen LogP) is 2.26. The molecule has 0 spiro atoms. The molecule has 0 aliphatic rings. The minimum atomic E-state index is -0.954. The fraction of sp³-hybridized carbons (Fsp3) is 0.300. The first-order valence-corrected chi connectivity index (χ1v) is 5.47. The van der Waals surface area contributed by atoms with Crippen LogP contribution in [0.3, 0.4) is 0 Å². The largest absolute Gasteiger partial charge is 0.496 e. The van der Waals surface area contributed by atoms with Gasteiger partial charge in [0.05, 0.1) is 7.11 Å². The highest BCUT2D eigenvalue weighted by atomic mass is 32.2. The summed E-state index contributed by atoms with van der Waals surface area (Å²) in [5, 5.41) is 8.90. The van der Waals surface area contributed by atoms with Gasteiger partial charge in [-0.15, -0.1) is 0 Å². The van der Waals surface area contributed by atoms with E-state index in [1.165, 1.54) is 7.11 Å². The van der Waals surface area contributed by atoms with Crippen molar-refractivity contribution in [1.29, 1.82) is 0 Å². The van der Waals surface area contributed by atoms with E-state index in [0.717, 1.165) is 11.3 Å². The number of methoxy groups -OCH3 is 1. The van der Waals surface area contributed by atoms with Crippen LogP contribution in [0.15, 0.2) is 18.2 Å². The van der Waals surface area contributed by atoms with Crippen molar-refractivity contribution in [2.24, 2.45) is 0 Å².